The van der Waals surface area contributed by atoms with Crippen molar-refractivity contribution in [3.05, 3.63) is 104 Å². The van der Waals surface area contributed by atoms with Gasteiger partial charge in [-0.15, -0.1) is 11.3 Å². The van der Waals surface area contributed by atoms with Crippen molar-refractivity contribution in [3.63, 3.8) is 0 Å². The molecule has 3 aromatic carbocycles. The Bertz CT molecular complexity index is 1510. The third-order valence-corrected chi connectivity index (χ3v) is 7.46. The maximum Gasteiger partial charge on any atom is 0.337 e. The van der Waals surface area contributed by atoms with Crippen LogP contribution in [-0.4, -0.2) is 24.8 Å². The van der Waals surface area contributed by atoms with Gasteiger partial charge < -0.3 is 4.74 Å². The smallest absolute Gasteiger partial charge is 0.337 e. The Hall–Kier alpha value is -3.26. The van der Waals surface area contributed by atoms with E-state index in [1.807, 2.05) is 48.5 Å². The highest BCUT2D eigenvalue weighted by Gasteiger charge is 2.35. The average Bonchev–Trinajstić information content (AvgIpc) is 3.35. The number of carbonyl (C=O) groups excluding carboxylic acids is 2. The van der Waals surface area contributed by atoms with E-state index in [0.717, 1.165) is 25.0 Å². The van der Waals surface area contributed by atoms with Crippen molar-refractivity contribution >= 4 is 78.4 Å². The molecule has 0 saturated heterocycles. The molecule has 1 aromatic heterocycles. The molecule has 2 heterocycles. The van der Waals surface area contributed by atoms with Crippen LogP contribution in [0.5, 0.6) is 0 Å². The van der Waals surface area contributed by atoms with Crippen LogP contribution in [0.15, 0.2) is 88.0 Å². The van der Waals surface area contributed by atoms with E-state index in [2.05, 4.69) is 15.9 Å². The first kappa shape index (κ1) is 22.5. The summed E-state index contributed by atoms with van der Waals surface area (Å²) in [5.74, 6) is -0.206. The lowest BCUT2D eigenvalue weighted by molar-refractivity contribution is -0.113. The average molecular weight is 552 g/mol. The highest BCUT2D eigenvalue weighted by atomic mass is 79.9. The number of anilines is 1. The molecule has 5 rings (SSSR count). The summed E-state index contributed by atoms with van der Waals surface area (Å²) in [6, 6.07) is 22.1. The van der Waals surface area contributed by atoms with Crippen LogP contribution in [0.2, 0.25) is 5.02 Å². The lowest BCUT2D eigenvalue weighted by atomic mass is 10.1. The van der Waals surface area contributed by atoms with Gasteiger partial charge in [-0.25, -0.2) is 9.79 Å². The van der Waals surface area contributed by atoms with Crippen LogP contribution in [0.4, 0.5) is 5.69 Å². The number of halogens is 2. The highest BCUT2D eigenvalue weighted by Crippen LogP contribution is 2.39. The van der Waals surface area contributed by atoms with Crippen molar-refractivity contribution in [2.45, 2.75) is 0 Å². The largest absolute Gasteiger partial charge is 0.465 e. The van der Waals surface area contributed by atoms with Gasteiger partial charge in [0.05, 0.1) is 28.3 Å². The number of thiophene rings is 1. The van der Waals surface area contributed by atoms with Gasteiger partial charge in [-0.2, -0.15) is 0 Å². The second-order valence-corrected chi connectivity index (χ2v) is 9.79. The van der Waals surface area contributed by atoms with E-state index in [4.69, 9.17) is 21.3 Å². The Morgan fingerprint density at radius 2 is 1.85 bits per heavy atom. The first-order valence-corrected chi connectivity index (χ1v) is 12.2. The fourth-order valence-corrected chi connectivity index (χ4v) is 5.56. The van der Waals surface area contributed by atoms with Crippen LogP contribution in [0, 0.1) is 0 Å². The lowest BCUT2D eigenvalue weighted by Crippen LogP contribution is -2.32. The second kappa shape index (κ2) is 9.18. The summed E-state index contributed by atoms with van der Waals surface area (Å²) in [6.07, 6.45) is 1.70. The number of hydrogen-bond acceptors (Lipinski definition) is 5. The van der Waals surface area contributed by atoms with Gasteiger partial charge in [-0.1, -0.05) is 63.9 Å². The van der Waals surface area contributed by atoms with Gasteiger partial charge >= 0.3 is 5.97 Å². The number of rotatable bonds is 4. The zero-order valence-electron chi connectivity index (χ0n) is 17.8. The summed E-state index contributed by atoms with van der Waals surface area (Å²) in [4.78, 5) is 32.3. The zero-order chi connectivity index (χ0) is 23.8. The molecule has 1 amide bonds. The van der Waals surface area contributed by atoms with Crippen LogP contribution in [-0.2, 0) is 9.53 Å². The lowest BCUT2D eigenvalue weighted by Gasteiger charge is -2.18. The van der Waals surface area contributed by atoms with Crippen molar-refractivity contribution < 1.29 is 14.3 Å². The molecule has 4 aromatic rings. The molecule has 0 bridgehead atoms. The number of fused-ring (bicyclic) bond motifs is 1. The van der Waals surface area contributed by atoms with Crippen molar-refractivity contribution in [2.75, 3.05) is 12.0 Å². The molecule has 0 saturated carbocycles. The second-order valence-electron chi connectivity index (χ2n) is 7.44. The number of nitrogens with zero attached hydrogens (tertiary/aromatic N) is 2. The molecule has 34 heavy (non-hydrogen) atoms. The number of benzene rings is 3. The van der Waals surface area contributed by atoms with Crippen molar-refractivity contribution in [1.82, 2.24) is 0 Å². The Kier molecular flexibility index (Phi) is 6.08. The van der Waals surface area contributed by atoms with Crippen molar-refractivity contribution in [2.24, 2.45) is 4.99 Å². The third kappa shape index (κ3) is 4.07. The summed E-state index contributed by atoms with van der Waals surface area (Å²) < 4.78 is 6.61. The molecule has 8 heteroatoms. The first-order valence-electron chi connectivity index (χ1n) is 10.2. The summed E-state index contributed by atoms with van der Waals surface area (Å²) in [7, 11) is 1.33. The van der Waals surface area contributed by atoms with Crippen LogP contribution in [0.3, 0.4) is 0 Å². The van der Waals surface area contributed by atoms with Gasteiger partial charge in [0.15, 0.2) is 5.84 Å². The minimum Gasteiger partial charge on any atom is -0.465 e. The molecule has 1 aliphatic heterocycles. The number of hydrogen-bond donors (Lipinski definition) is 0. The number of ether oxygens (including phenoxy) is 1. The molecule has 5 nitrogen and oxygen atoms in total. The van der Waals surface area contributed by atoms with Crippen molar-refractivity contribution in [1.29, 1.82) is 0 Å². The summed E-state index contributed by atoms with van der Waals surface area (Å²) >= 11 is 11.7. The highest BCUT2D eigenvalue weighted by molar-refractivity contribution is 9.10. The van der Waals surface area contributed by atoms with Gasteiger partial charge in [0.2, 0.25) is 0 Å². The molecule has 1 aliphatic rings. The van der Waals surface area contributed by atoms with Crippen LogP contribution in [0.1, 0.15) is 20.8 Å². The fourth-order valence-electron chi connectivity index (χ4n) is 3.67. The number of amides is 1. The predicted octanol–water partition coefficient (Wildman–Crippen LogP) is 6.94. The maximum absolute atomic E-state index is 13.6. The molecule has 0 N–H and O–H groups in total. The quantitative estimate of drug-likeness (QED) is 0.204. The van der Waals surface area contributed by atoms with Gasteiger partial charge in [-0.05, 0) is 48.0 Å². The van der Waals surface area contributed by atoms with E-state index < -0.39 is 5.97 Å². The molecule has 0 spiro atoms. The number of carbonyl (C=O) groups is 2. The third-order valence-electron chi connectivity index (χ3n) is 5.30. The predicted molar refractivity (Wildman–Crippen MR) is 141 cm³/mol. The van der Waals surface area contributed by atoms with E-state index in [1.54, 1.807) is 35.2 Å². The first-order chi connectivity index (χ1) is 16.5. The molecule has 0 radical (unpaired) electrons. The van der Waals surface area contributed by atoms with E-state index >= 15 is 0 Å². The molecule has 0 aliphatic carbocycles. The monoisotopic (exact) mass is 550 g/mol. The van der Waals surface area contributed by atoms with E-state index in [-0.39, 0.29) is 11.6 Å². The summed E-state index contributed by atoms with van der Waals surface area (Å²) in [5, 5.41) is 1.49. The fraction of sp³-hybridized carbons (Fsp3) is 0.0385. The zero-order valence-corrected chi connectivity index (χ0v) is 20.9. The van der Waals surface area contributed by atoms with Gasteiger partial charge in [0.25, 0.3) is 5.91 Å². The molecular weight excluding hydrogens is 536 g/mol. The maximum atomic E-state index is 13.6. The Morgan fingerprint density at radius 3 is 2.56 bits per heavy atom. The van der Waals surface area contributed by atoms with E-state index in [1.165, 1.54) is 18.4 Å². The standard InChI is InChI=1S/C26H16BrClN2O3S/c1-33-26(32)16-11-9-15(10-12-16)13-20-25(31)30(18-6-4-5-17(27)14-18)24(29-20)23-22(28)19-7-2-3-8-21(19)34-23/h2-14H,1H3/b20-13+. The van der Waals surface area contributed by atoms with Crippen molar-refractivity contribution in [3.8, 4) is 0 Å². The Labute approximate surface area is 213 Å². The summed E-state index contributed by atoms with van der Waals surface area (Å²) in [6.45, 7) is 0. The van der Waals surface area contributed by atoms with Gasteiger partial charge in [0.1, 0.15) is 5.70 Å². The van der Waals surface area contributed by atoms with Crippen LogP contribution < -0.4 is 4.90 Å². The summed E-state index contributed by atoms with van der Waals surface area (Å²) in [5.41, 5.74) is 2.11. The van der Waals surface area contributed by atoms with Crippen LogP contribution >= 0.6 is 38.9 Å². The molecule has 168 valence electrons. The Morgan fingerprint density at radius 1 is 1.09 bits per heavy atom. The van der Waals surface area contributed by atoms with E-state index in [0.29, 0.717) is 22.1 Å². The number of esters is 1. The number of methoxy groups -OCH3 is 1. The minimum atomic E-state index is -0.420. The molecule has 0 unspecified atom stereocenters. The molecule has 0 fully saturated rings. The SMILES string of the molecule is COC(=O)c1ccc(/C=C2/N=C(c3sc4ccccc4c3Cl)N(c3cccc(Br)c3)C2=O)cc1. The number of amidine groups is 1. The molecule has 0 atom stereocenters. The molecular formula is C26H16BrClN2O3S. The van der Waals surface area contributed by atoms with E-state index in [9.17, 15) is 9.59 Å². The van der Waals surface area contributed by atoms with Crippen LogP contribution in [0.25, 0.3) is 16.2 Å². The Balaban J connectivity index is 1.63. The number of aliphatic imine (C=N–C) groups is 1. The normalized spacial score (nSPS) is 14.7. The van der Waals surface area contributed by atoms with Gasteiger partial charge in [-0.3, -0.25) is 9.69 Å². The minimum absolute atomic E-state index is 0.265. The van der Waals surface area contributed by atoms with Gasteiger partial charge in [0, 0.05) is 14.6 Å². The topological polar surface area (TPSA) is 59.0 Å².